The van der Waals surface area contributed by atoms with E-state index in [-0.39, 0.29) is 15.3 Å². The Bertz CT molecular complexity index is 1140. The van der Waals surface area contributed by atoms with Crippen LogP contribution in [-0.4, -0.2) is 26.5 Å². The molecule has 146 valence electrons. The summed E-state index contributed by atoms with van der Waals surface area (Å²) in [5.41, 5.74) is 0.579. The van der Waals surface area contributed by atoms with Gasteiger partial charge in [-0.05, 0) is 43.0 Å². The van der Waals surface area contributed by atoms with Gasteiger partial charge in [-0.1, -0.05) is 25.1 Å². The number of rotatable bonds is 3. The summed E-state index contributed by atoms with van der Waals surface area (Å²) in [4.78, 5) is 5.91. The topological polar surface area (TPSA) is 50.3 Å². The van der Waals surface area contributed by atoms with Crippen molar-refractivity contribution in [1.82, 2.24) is 4.98 Å². The highest BCUT2D eigenvalue weighted by atomic mass is 32.2. The van der Waals surface area contributed by atoms with Crippen LogP contribution < -0.4 is 4.90 Å². The van der Waals surface area contributed by atoms with Crippen molar-refractivity contribution in [3.05, 3.63) is 60.3 Å². The molecule has 1 aromatic heterocycles. The first-order chi connectivity index (χ1) is 13.4. The molecule has 2 heterocycles. The minimum Gasteiger partial charge on any atom is -0.370 e. The minimum atomic E-state index is -4.03. The van der Waals surface area contributed by atoms with Crippen LogP contribution in [0.1, 0.15) is 19.8 Å². The lowest BCUT2D eigenvalue weighted by molar-refractivity contribution is 0.437. The van der Waals surface area contributed by atoms with E-state index in [9.17, 15) is 17.2 Å². The van der Waals surface area contributed by atoms with E-state index < -0.39 is 21.5 Å². The Morgan fingerprint density at radius 1 is 1.07 bits per heavy atom. The zero-order valence-corrected chi connectivity index (χ0v) is 16.2. The molecule has 28 heavy (non-hydrogen) atoms. The number of halogens is 2. The van der Waals surface area contributed by atoms with E-state index in [2.05, 4.69) is 11.9 Å². The van der Waals surface area contributed by atoms with Crippen LogP contribution >= 0.6 is 0 Å². The van der Waals surface area contributed by atoms with Gasteiger partial charge in [-0.3, -0.25) is 4.98 Å². The molecule has 0 aliphatic carbocycles. The molecule has 1 saturated heterocycles. The van der Waals surface area contributed by atoms with Gasteiger partial charge in [-0.25, -0.2) is 17.2 Å². The van der Waals surface area contributed by atoms with Gasteiger partial charge in [0.1, 0.15) is 22.0 Å². The monoisotopic (exact) mass is 402 g/mol. The van der Waals surface area contributed by atoms with E-state index >= 15 is 0 Å². The number of piperidine rings is 1. The van der Waals surface area contributed by atoms with Gasteiger partial charge < -0.3 is 4.90 Å². The number of anilines is 1. The molecular weight excluding hydrogens is 382 g/mol. The fraction of sp³-hybridized carbons (Fsp3) is 0.286. The van der Waals surface area contributed by atoms with Gasteiger partial charge in [0.15, 0.2) is 0 Å². The van der Waals surface area contributed by atoms with Crippen LogP contribution in [0.4, 0.5) is 14.5 Å². The third-order valence-electron chi connectivity index (χ3n) is 5.28. The third-order valence-corrected chi connectivity index (χ3v) is 7.03. The normalized spacial score (nSPS) is 15.9. The molecule has 0 saturated carbocycles. The van der Waals surface area contributed by atoms with E-state index in [4.69, 9.17) is 0 Å². The van der Waals surface area contributed by atoms with Crippen LogP contribution in [0.15, 0.2) is 58.5 Å². The lowest BCUT2D eigenvalue weighted by Gasteiger charge is -2.34. The van der Waals surface area contributed by atoms with Gasteiger partial charge in [-0.2, -0.15) is 0 Å². The van der Waals surface area contributed by atoms with E-state index in [0.29, 0.717) is 30.1 Å². The molecule has 7 heteroatoms. The first-order valence-corrected chi connectivity index (χ1v) is 10.7. The fourth-order valence-electron chi connectivity index (χ4n) is 3.67. The number of sulfone groups is 1. The molecule has 4 rings (SSSR count). The number of para-hydroxylation sites is 1. The SMILES string of the molecule is CC1CCN(c2c(S(=O)(=O)c3cccc(F)c3)cnc3c(F)cccc23)CC1. The van der Waals surface area contributed by atoms with Crippen LogP contribution in [-0.2, 0) is 9.84 Å². The maximum atomic E-state index is 14.3. The number of benzene rings is 2. The maximum Gasteiger partial charge on any atom is 0.210 e. The standard InChI is InChI=1S/C21H20F2N2O2S/c1-14-8-10-25(11-9-14)21-17-6-3-7-18(23)20(17)24-13-19(21)28(26,27)16-5-2-4-15(22)12-16/h2-7,12-14H,8-11H2,1H3. The average Bonchev–Trinajstić information content (AvgIpc) is 2.68. The summed E-state index contributed by atoms with van der Waals surface area (Å²) in [6, 6.07) is 9.44. The zero-order valence-electron chi connectivity index (χ0n) is 15.4. The highest BCUT2D eigenvalue weighted by Gasteiger charge is 2.29. The Balaban J connectivity index is 1.97. The minimum absolute atomic E-state index is 0.0225. The Labute approximate surface area is 162 Å². The van der Waals surface area contributed by atoms with Crippen molar-refractivity contribution in [1.29, 1.82) is 0 Å². The molecule has 0 atom stereocenters. The van der Waals surface area contributed by atoms with Crippen molar-refractivity contribution in [2.24, 2.45) is 5.92 Å². The van der Waals surface area contributed by atoms with Crippen molar-refractivity contribution >= 4 is 26.4 Å². The Morgan fingerprint density at radius 2 is 1.79 bits per heavy atom. The second-order valence-electron chi connectivity index (χ2n) is 7.24. The van der Waals surface area contributed by atoms with Crippen molar-refractivity contribution in [3.63, 3.8) is 0 Å². The van der Waals surface area contributed by atoms with Crippen molar-refractivity contribution < 1.29 is 17.2 Å². The number of hydrogen-bond acceptors (Lipinski definition) is 4. The van der Waals surface area contributed by atoms with Crippen LogP contribution in [0.3, 0.4) is 0 Å². The van der Waals surface area contributed by atoms with E-state index in [1.165, 1.54) is 30.5 Å². The molecule has 1 fully saturated rings. The lowest BCUT2D eigenvalue weighted by atomic mass is 9.98. The molecule has 1 aliphatic rings. The van der Waals surface area contributed by atoms with E-state index in [0.717, 1.165) is 18.9 Å². The van der Waals surface area contributed by atoms with Crippen molar-refractivity contribution in [2.45, 2.75) is 29.6 Å². The number of hydrogen-bond donors (Lipinski definition) is 0. The van der Waals surface area contributed by atoms with Gasteiger partial charge in [0.25, 0.3) is 0 Å². The number of pyridine rings is 1. The molecule has 1 aliphatic heterocycles. The molecule has 0 bridgehead atoms. The quantitative estimate of drug-likeness (QED) is 0.643. The second-order valence-corrected chi connectivity index (χ2v) is 9.16. The molecule has 0 N–H and O–H groups in total. The van der Waals surface area contributed by atoms with E-state index in [1.807, 2.05) is 4.90 Å². The Kier molecular flexibility index (Phi) is 4.79. The maximum absolute atomic E-state index is 14.3. The third kappa shape index (κ3) is 3.24. The summed E-state index contributed by atoms with van der Waals surface area (Å²) < 4.78 is 54.6. The molecular formula is C21H20F2N2O2S. The van der Waals surface area contributed by atoms with Crippen molar-refractivity contribution in [2.75, 3.05) is 18.0 Å². The number of aromatic nitrogens is 1. The summed E-state index contributed by atoms with van der Waals surface area (Å²) in [6.45, 7) is 3.50. The van der Waals surface area contributed by atoms with Gasteiger partial charge in [0.2, 0.25) is 9.84 Å². The van der Waals surface area contributed by atoms with Gasteiger partial charge in [0.05, 0.1) is 10.6 Å². The first-order valence-electron chi connectivity index (χ1n) is 9.21. The van der Waals surface area contributed by atoms with Crippen LogP contribution in [0, 0.1) is 17.6 Å². The molecule has 0 unspecified atom stereocenters. The highest BCUT2D eigenvalue weighted by Crippen LogP contribution is 2.38. The summed E-state index contributed by atoms with van der Waals surface area (Å²) in [5, 5.41) is 0.451. The van der Waals surface area contributed by atoms with Gasteiger partial charge in [0, 0.05) is 24.7 Å². The lowest BCUT2D eigenvalue weighted by Crippen LogP contribution is -2.34. The molecule has 0 spiro atoms. The summed E-state index contributed by atoms with van der Waals surface area (Å²) in [5.74, 6) is -0.586. The summed E-state index contributed by atoms with van der Waals surface area (Å²) in [6.07, 6.45) is 3.02. The Morgan fingerprint density at radius 3 is 2.50 bits per heavy atom. The number of fused-ring (bicyclic) bond motifs is 1. The van der Waals surface area contributed by atoms with E-state index in [1.54, 1.807) is 12.1 Å². The predicted molar refractivity (Wildman–Crippen MR) is 104 cm³/mol. The first kappa shape index (κ1) is 18.8. The molecule has 0 amide bonds. The largest absolute Gasteiger partial charge is 0.370 e. The van der Waals surface area contributed by atoms with Crippen LogP contribution in [0.25, 0.3) is 10.9 Å². The Hall–Kier alpha value is -2.54. The fourth-order valence-corrected chi connectivity index (χ4v) is 5.14. The molecule has 0 radical (unpaired) electrons. The van der Waals surface area contributed by atoms with Crippen molar-refractivity contribution in [3.8, 4) is 0 Å². The molecule has 4 nitrogen and oxygen atoms in total. The highest BCUT2D eigenvalue weighted by molar-refractivity contribution is 7.91. The summed E-state index contributed by atoms with van der Waals surface area (Å²) >= 11 is 0. The van der Waals surface area contributed by atoms with Gasteiger partial charge in [-0.15, -0.1) is 0 Å². The molecule has 2 aromatic carbocycles. The zero-order chi connectivity index (χ0) is 19.9. The van der Waals surface area contributed by atoms with Crippen LogP contribution in [0.5, 0.6) is 0 Å². The van der Waals surface area contributed by atoms with Crippen LogP contribution in [0.2, 0.25) is 0 Å². The number of nitrogens with zero attached hydrogens (tertiary/aromatic N) is 2. The molecule has 3 aromatic rings. The predicted octanol–water partition coefficient (Wildman–Crippen LogP) is 4.58. The average molecular weight is 402 g/mol. The van der Waals surface area contributed by atoms with Gasteiger partial charge >= 0.3 is 0 Å². The second kappa shape index (κ2) is 7.13. The smallest absolute Gasteiger partial charge is 0.210 e. The summed E-state index contributed by atoms with van der Waals surface area (Å²) in [7, 11) is -4.03.